The molecule has 0 aliphatic rings. The van der Waals surface area contributed by atoms with Crippen LogP contribution in [0.2, 0.25) is 5.02 Å². The number of carboxylic acids is 1. The van der Waals surface area contributed by atoms with E-state index in [1.807, 2.05) is 13.0 Å². The maximum atomic E-state index is 15.3. The molecule has 3 aromatic carbocycles. The fourth-order valence-electron chi connectivity index (χ4n) is 4.25. The predicted octanol–water partition coefficient (Wildman–Crippen LogP) is 6.68. The number of carboxylic acid groups (broad SMARTS) is 1. The van der Waals surface area contributed by atoms with Crippen LogP contribution in [-0.2, 0) is 0 Å². The van der Waals surface area contributed by atoms with Gasteiger partial charge in [0.25, 0.3) is 5.56 Å². The third-order valence-electron chi connectivity index (χ3n) is 6.21. The van der Waals surface area contributed by atoms with Crippen molar-refractivity contribution in [1.82, 2.24) is 4.98 Å². The van der Waals surface area contributed by atoms with Crippen LogP contribution >= 0.6 is 11.6 Å². The SMILES string of the molecule is Cc1cc(Cl)ccc1C(C/C(=N\O)c1c[nH]c(=O)c(C)c1)c1ccc(Oc2cccc(C(=O)O)c2)c(F)c1. The summed E-state index contributed by atoms with van der Waals surface area (Å²) >= 11 is 6.17. The Morgan fingerprint density at radius 3 is 2.50 bits per heavy atom. The molecule has 7 nitrogen and oxygen atoms in total. The van der Waals surface area contributed by atoms with Gasteiger partial charge in [-0.1, -0.05) is 35.0 Å². The standard InChI is InChI=1S/C29H24ClFN2O5/c1-16-11-21(30)7-8-23(16)24(14-26(33-37)20-10-17(2)28(34)32-15-20)18-6-9-27(25(31)13-18)38-22-5-3-4-19(12-22)29(35)36/h3-13,15,24,37H,14H2,1-2H3,(H,32,34)(H,35,36)/b33-26+. The van der Waals surface area contributed by atoms with Gasteiger partial charge in [0.15, 0.2) is 11.6 Å². The molecule has 1 unspecified atom stereocenters. The molecule has 1 heterocycles. The van der Waals surface area contributed by atoms with E-state index in [4.69, 9.17) is 16.3 Å². The monoisotopic (exact) mass is 534 g/mol. The Labute approximate surface area is 222 Å². The van der Waals surface area contributed by atoms with E-state index >= 15 is 4.39 Å². The molecule has 0 radical (unpaired) electrons. The molecule has 4 aromatic rings. The summed E-state index contributed by atoms with van der Waals surface area (Å²) in [6, 6.07) is 17.3. The van der Waals surface area contributed by atoms with E-state index in [0.717, 1.165) is 11.1 Å². The molecule has 3 N–H and O–H groups in total. The van der Waals surface area contributed by atoms with Gasteiger partial charge >= 0.3 is 5.97 Å². The molecule has 0 fully saturated rings. The van der Waals surface area contributed by atoms with Crippen LogP contribution in [0.4, 0.5) is 4.39 Å². The van der Waals surface area contributed by atoms with Gasteiger partial charge in [-0.2, -0.15) is 0 Å². The number of oxime groups is 1. The molecule has 0 spiro atoms. The summed E-state index contributed by atoms with van der Waals surface area (Å²) in [6.07, 6.45) is 1.66. The highest BCUT2D eigenvalue weighted by molar-refractivity contribution is 6.30. The van der Waals surface area contributed by atoms with Gasteiger partial charge in [0.1, 0.15) is 5.75 Å². The first-order valence-electron chi connectivity index (χ1n) is 11.6. The fraction of sp³-hybridized carbons (Fsp3) is 0.138. The zero-order chi connectivity index (χ0) is 27.4. The first-order chi connectivity index (χ1) is 18.2. The number of aromatic carboxylic acids is 1. The van der Waals surface area contributed by atoms with Gasteiger partial charge in [-0.3, -0.25) is 4.79 Å². The number of halogens is 2. The number of aryl methyl sites for hydroxylation is 2. The lowest BCUT2D eigenvalue weighted by Gasteiger charge is -2.22. The Bertz CT molecular complexity index is 1600. The van der Waals surface area contributed by atoms with E-state index in [-0.39, 0.29) is 29.0 Å². The van der Waals surface area contributed by atoms with Gasteiger partial charge in [0, 0.05) is 34.7 Å². The largest absolute Gasteiger partial charge is 0.478 e. The second kappa shape index (κ2) is 11.3. The number of ether oxygens (including phenoxy) is 1. The van der Waals surface area contributed by atoms with Crippen LogP contribution in [0.3, 0.4) is 0 Å². The average Bonchev–Trinajstić information content (AvgIpc) is 2.88. The van der Waals surface area contributed by atoms with Gasteiger partial charge in [-0.25, -0.2) is 9.18 Å². The van der Waals surface area contributed by atoms with Crippen molar-refractivity contribution in [1.29, 1.82) is 0 Å². The van der Waals surface area contributed by atoms with Crippen LogP contribution in [0.5, 0.6) is 11.5 Å². The van der Waals surface area contributed by atoms with Gasteiger partial charge in [0.05, 0.1) is 11.3 Å². The minimum Gasteiger partial charge on any atom is -0.478 e. The molecule has 0 aliphatic carbocycles. The van der Waals surface area contributed by atoms with Crippen LogP contribution in [0.15, 0.2) is 82.9 Å². The summed E-state index contributed by atoms with van der Waals surface area (Å²) in [5.74, 6) is -2.10. The number of H-pyrrole nitrogens is 1. The lowest BCUT2D eigenvalue weighted by Crippen LogP contribution is -2.15. The van der Waals surface area contributed by atoms with E-state index in [2.05, 4.69) is 10.1 Å². The minimum atomic E-state index is -1.12. The molecule has 194 valence electrons. The van der Waals surface area contributed by atoms with Gasteiger partial charge < -0.3 is 20.0 Å². The van der Waals surface area contributed by atoms with Crippen molar-refractivity contribution < 1.29 is 24.2 Å². The van der Waals surface area contributed by atoms with Crippen molar-refractivity contribution in [2.75, 3.05) is 0 Å². The lowest BCUT2D eigenvalue weighted by molar-refractivity contribution is 0.0696. The molecule has 0 aliphatic heterocycles. The number of aromatic amines is 1. The van der Waals surface area contributed by atoms with E-state index in [9.17, 15) is 19.9 Å². The van der Waals surface area contributed by atoms with Crippen LogP contribution in [0, 0.1) is 19.7 Å². The molecular weight excluding hydrogens is 511 g/mol. The number of nitrogens with one attached hydrogen (secondary N) is 1. The second-order valence-electron chi connectivity index (χ2n) is 8.83. The summed E-state index contributed by atoms with van der Waals surface area (Å²) in [4.78, 5) is 25.7. The number of pyridine rings is 1. The molecule has 4 rings (SSSR count). The number of aromatic nitrogens is 1. The average molecular weight is 535 g/mol. The predicted molar refractivity (Wildman–Crippen MR) is 143 cm³/mol. The number of hydrogen-bond acceptors (Lipinski definition) is 5. The summed E-state index contributed by atoms with van der Waals surface area (Å²) < 4.78 is 20.9. The number of benzene rings is 3. The van der Waals surface area contributed by atoms with Crippen molar-refractivity contribution in [3.8, 4) is 11.5 Å². The Hall–Kier alpha value is -4.43. The normalized spacial score (nSPS) is 12.3. The molecule has 9 heteroatoms. The molecule has 0 saturated carbocycles. The Morgan fingerprint density at radius 2 is 1.84 bits per heavy atom. The molecule has 38 heavy (non-hydrogen) atoms. The first kappa shape index (κ1) is 26.6. The molecule has 1 aromatic heterocycles. The second-order valence-corrected chi connectivity index (χ2v) is 9.27. The summed E-state index contributed by atoms with van der Waals surface area (Å²) in [7, 11) is 0. The van der Waals surface area contributed by atoms with Crippen molar-refractivity contribution in [2.24, 2.45) is 5.16 Å². The smallest absolute Gasteiger partial charge is 0.335 e. The van der Waals surface area contributed by atoms with E-state index in [1.165, 1.54) is 42.6 Å². The quantitative estimate of drug-likeness (QED) is 0.133. The Kier molecular flexibility index (Phi) is 7.93. The van der Waals surface area contributed by atoms with Crippen molar-refractivity contribution in [3.63, 3.8) is 0 Å². The molecular formula is C29H24ClFN2O5. The zero-order valence-corrected chi connectivity index (χ0v) is 21.3. The fourth-order valence-corrected chi connectivity index (χ4v) is 4.47. The highest BCUT2D eigenvalue weighted by atomic mass is 35.5. The zero-order valence-electron chi connectivity index (χ0n) is 20.5. The lowest BCUT2D eigenvalue weighted by atomic mass is 9.83. The van der Waals surface area contributed by atoms with E-state index in [1.54, 1.807) is 31.2 Å². The number of hydrogen-bond donors (Lipinski definition) is 3. The molecule has 0 saturated heterocycles. The topological polar surface area (TPSA) is 112 Å². The first-order valence-corrected chi connectivity index (χ1v) is 12.0. The number of rotatable bonds is 8. The molecule has 0 bridgehead atoms. The highest BCUT2D eigenvalue weighted by Crippen LogP contribution is 2.36. The summed E-state index contributed by atoms with van der Waals surface area (Å²) in [5.41, 5.74) is 3.36. The maximum absolute atomic E-state index is 15.3. The Morgan fingerprint density at radius 1 is 1.05 bits per heavy atom. The third kappa shape index (κ3) is 5.92. The van der Waals surface area contributed by atoms with E-state index < -0.39 is 17.7 Å². The Balaban J connectivity index is 1.72. The van der Waals surface area contributed by atoms with Crippen molar-refractivity contribution >= 4 is 23.3 Å². The van der Waals surface area contributed by atoms with Crippen LogP contribution in [-0.4, -0.2) is 27.0 Å². The van der Waals surface area contributed by atoms with Crippen molar-refractivity contribution in [2.45, 2.75) is 26.2 Å². The highest BCUT2D eigenvalue weighted by Gasteiger charge is 2.23. The van der Waals surface area contributed by atoms with Gasteiger partial charge in [0.2, 0.25) is 0 Å². The van der Waals surface area contributed by atoms with Crippen molar-refractivity contribution in [3.05, 3.63) is 128 Å². The van der Waals surface area contributed by atoms with Gasteiger partial charge in [-0.05, 0) is 79.1 Å². The number of nitrogens with zero attached hydrogens (tertiary/aromatic N) is 1. The summed E-state index contributed by atoms with van der Waals surface area (Å²) in [6.45, 7) is 3.54. The summed E-state index contributed by atoms with van der Waals surface area (Å²) in [5, 5.41) is 23.1. The van der Waals surface area contributed by atoms with Crippen LogP contribution in [0.25, 0.3) is 0 Å². The minimum absolute atomic E-state index is 0.0196. The molecule has 0 amide bonds. The van der Waals surface area contributed by atoms with Crippen LogP contribution < -0.4 is 10.3 Å². The maximum Gasteiger partial charge on any atom is 0.335 e. The van der Waals surface area contributed by atoms with Gasteiger partial charge in [-0.15, -0.1) is 0 Å². The third-order valence-corrected chi connectivity index (χ3v) is 6.45. The number of carbonyl (C=O) groups is 1. The molecule has 1 atom stereocenters. The van der Waals surface area contributed by atoms with Crippen LogP contribution in [0.1, 0.15) is 50.5 Å². The van der Waals surface area contributed by atoms with E-state index in [0.29, 0.717) is 27.4 Å².